The first-order valence-electron chi connectivity index (χ1n) is 8.94. The molecule has 6 nitrogen and oxygen atoms in total. The minimum atomic E-state index is -0.804. The Bertz CT molecular complexity index is 776. The lowest BCUT2D eigenvalue weighted by atomic mass is 10.0. The number of carbonyl (C=O) groups excluding carboxylic acids is 1. The first-order valence-corrected chi connectivity index (χ1v) is 8.94. The van der Waals surface area contributed by atoms with Gasteiger partial charge in [-0.3, -0.25) is 4.79 Å². The van der Waals surface area contributed by atoms with E-state index < -0.39 is 17.4 Å². The monoisotopic (exact) mass is 379 g/mol. The fourth-order valence-corrected chi connectivity index (χ4v) is 3.21. The Hall–Kier alpha value is -2.48. The summed E-state index contributed by atoms with van der Waals surface area (Å²) in [5, 5.41) is 3.76. The highest BCUT2D eigenvalue weighted by Crippen LogP contribution is 2.22. The molecule has 0 saturated carbocycles. The van der Waals surface area contributed by atoms with Crippen molar-refractivity contribution >= 4 is 5.91 Å². The molecule has 2 heterocycles. The van der Waals surface area contributed by atoms with E-state index in [1.165, 1.54) is 18.6 Å². The van der Waals surface area contributed by atoms with Gasteiger partial charge < -0.3 is 19.1 Å². The van der Waals surface area contributed by atoms with Crippen LogP contribution in [0.25, 0.3) is 0 Å². The van der Waals surface area contributed by atoms with Gasteiger partial charge in [0.15, 0.2) is 28.8 Å². The number of likely N-dealkylation sites (N-methyl/N-ethyl adjacent to an activating group) is 2. The van der Waals surface area contributed by atoms with Crippen molar-refractivity contribution in [3.63, 3.8) is 0 Å². The van der Waals surface area contributed by atoms with Crippen LogP contribution in [0.15, 0.2) is 28.8 Å². The summed E-state index contributed by atoms with van der Waals surface area (Å²) in [5.74, 6) is -2.14. The van der Waals surface area contributed by atoms with Crippen LogP contribution >= 0.6 is 0 Å². The zero-order chi connectivity index (χ0) is 19.4. The zero-order valence-electron chi connectivity index (χ0n) is 15.5. The smallest absolute Gasteiger partial charge is 0.275 e. The van der Waals surface area contributed by atoms with Crippen molar-refractivity contribution < 1.29 is 22.8 Å². The van der Waals surface area contributed by atoms with Gasteiger partial charge in [-0.25, -0.2) is 8.78 Å². The standard InChI is InChI=1S/C19H23F2N3O3/c1-23-9-4-3-6-13(23)11-24(2)19(25)17-10-14(27-22-17)12-26-18-15(20)7-5-8-16(18)21/h5,7-8,10,13H,3-4,6,9,11-12H2,1-2H3. The number of nitrogens with zero attached hydrogens (tertiary/aromatic N) is 3. The molecule has 3 rings (SSSR count). The van der Waals surface area contributed by atoms with Crippen molar-refractivity contribution in [1.29, 1.82) is 0 Å². The van der Waals surface area contributed by atoms with E-state index in [4.69, 9.17) is 9.26 Å². The Kier molecular flexibility index (Phi) is 6.05. The second kappa shape index (κ2) is 8.47. The van der Waals surface area contributed by atoms with Crippen LogP contribution in [0.5, 0.6) is 5.75 Å². The highest BCUT2D eigenvalue weighted by Gasteiger charge is 2.24. The number of ether oxygens (including phenoxy) is 1. The van der Waals surface area contributed by atoms with Crippen molar-refractivity contribution in [1.82, 2.24) is 15.0 Å². The molecule has 27 heavy (non-hydrogen) atoms. The Morgan fingerprint density at radius 3 is 2.81 bits per heavy atom. The predicted molar refractivity (Wildman–Crippen MR) is 94.4 cm³/mol. The molecule has 1 atom stereocenters. The van der Waals surface area contributed by atoms with E-state index in [9.17, 15) is 13.6 Å². The van der Waals surface area contributed by atoms with E-state index >= 15 is 0 Å². The van der Waals surface area contributed by atoms with Crippen molar-refractivity contribution in [2.75, 3.05) is 27.2 Å². The third-order valence-corrected chi connectivity index (χ3v) is 4.81. The summed E-state index contributed by atoms with van der Waals surface area (Å²) < 4.78 is 37.3. The molecular formula is C19H23F2N3O3. The number of amides is 1. The molecule has 1 aliphatic heterocycles. The van der Waals surface area contributed by atoms with Crippen LogP contribution < -0.4 is 4.74 Å². The zero-order valence-corrected chi connectivity index (χ0v) is 15.5. The van der Waals surface area contributed by atoms with Crippen LogP contribution in [0.1, 0.15) is 35.5 Å². The molecule has 1 fully saturated rings. The Morgan fingerprint density at radius 2 is 2.11 bits per heavy atom. The second-order valence-electron chi connectivity index (χ2n) is 6.83. The molecule has 1 amide bonds. The SMILES string of the molecule is CN(CC1CCCCN1C)C(=O)c1cc(COc2c(F)cccc2F)on1. The lowest BCUT2D eigenvalue weighted by Gasteiger charge is -2.34. The molecule has 2 aromatic rings. The number of benzene rings is 1. The molecule has 1 aromatic heterocycles. The number of rotatable bonds is 6. The molecule has 1 aliphatic rings. The van der Waals surface area contributed by atoms with Gasteiger partial charge >= 0.3 is 0 Å². The van der Waals surface area contributed by atoms with Gasteiger partial charge in [-0.2, -0.15) is 0 Å². The second-order valence-corrected chi connectivity index (χ2v) is 6.83. The van der Waals surface area contributed by atoms with Gasteiger partial charge in [-0.15, -0.1) is 0 Å². The highest BCUT2D eigenvalue weighted by molar-refractivity contribution is 5.92. The van der Waals surface area contributed by atoms with Gasteiger partial charge in [0.05, 0.1) is 0 Å². The minimum absolute atomic E-state index is 0.142. The highest BCUT2D eigenvalue weighted by atomic mass is 19.1. The molecule has 1 aromatic carbocycles. The number of piperidine rings is 1. The molecule has 0 radical (unpaired) electrons. The molecule has 0 spiro atoms. The maximum atomic E-state index is 13.6. The first kappa shape index (κ1) is 19.3. The number of para-hydroxylation sites is 1. The van der Waals surface area contributed by atoms with E-state index in [2.05, 4.69) is 17.1 Å². The number of aromatic nitrogens is 1. The normalized spacial score (nSPS) is 17.7. The maximum absolute atomic E-state index is 13.6. The predicted octanol–water partition coefficient (Wildman–Crippen LogP) is 3.09. The van der Waals surface area contributed by atoms with Crippen molar-refractivity contribution in [3.8, 4) is 5.75 Å². The molecule has 0 bridgehead atoms. The van der Waals surface area contributed by atoms with Gasteiger partial charge in [-0.05, 0) is 38.6 Å². The van der Waals surface area contributed by atoms with Crippen molar-refractivity contribution in [2.45, 2.75) is 31.9 Å². The summed E-state index contributed by atoms with van der Waals surface area (Å²) in [4.78, 5) is 16.4. The average Bonchev–Trinajstić information content (AvgIpc) is 3.11. The van der Waals surface area contributed by atoms with Gasteiger partial charge in [0.25, 0.3) is 5.91 Å². The Morgan fingerprint density at radius 1 is 1.37 bits per heavy atom. The lowest BCUT2D eigenvalue weighted by molar-refractivity contribution is 0.0707. The summed E-state index contributed by atoms with van der Waals surface area (Å²) in [6.07, 6.45) is 3.40. The van der Waals surface area contributed by atoms with Crippen LogP contribution in [0.3, 0.4) is 0 Å². The summed E-state index contributed by atoms with van der Waals surface area (Å²) in [6.45, 7) is 1.41. The molecule has 1 unspecified atom stereocenters. The number of halogens is 2. The molecule has 1 saturated heterocycles. The van der Waals surface area contributed by atoms with Gasteiger partial charge in [0.1, 0.15) is 6.61 Å². The Labute approximate surface area is 156 Å². The van der Waals surface area contributed by atoms with Crippen molar-refractivity contribution in [2.24, 2.45) is 0 Å². The number of likely N-dealkylation sites (tertiary alicyclic amines) is 1. The van der Waals surface area contributed by atoms with Gasteiger partial charge in [0.2, 0.25) is 0 Å². The summed E-state index contributed by atoms with van der Waals surface area (Å²) in [6, 6.07) is 5.21. The van der Waals surface area contributed by atoms with Crippen LogP contribution in [0.4, 0.5) is 8.78 Å². The van der Waals surface area contributed by atoms with E-state index in [1.807, 2.05) is 0 Å². The summed E-state index contributed by atoms with van der Waals surface area (Å²) in [7, 11) is 3.79. The van der Waals surface area contributed by atoms with Gasteiger partial charge in [-0.1, -0.05) is 17.6 Å². The average molecular weight is 379 g/mol. The van der Waals surface area contributed by atoms with E-state index in [-0.39, 0.29) is 24.0 Å². The topological polar surface area (TPSA) is 58.8 Å². The van der Waals surface area contributed by atoms with Crippen molar-refractivity contribution in [3.05, 3.63) is 47.4 Å². The molecule has 0 aliphatic carbocycles. The number of hydrogen-bond acceptors (Lipinski definition) is 5. The van der Waals surface area contributed by atoms with E-state index in [1.54, 1.807) is 11.9 Å². The Balaban J connectivity index is 1.58. The molecule has 8 heteroatoms. The molecule has 146 valence electrons. The minimum Gasteiger partial charge on any atom is -0.479 e. The third-order valence-electron chi connectivity index (χ3n) is 4.81. The van der Waals surface area contributed by atoms with Gasteiger partial charge in [0, 0.05) is 25.7 Å². The fourth-order valence-electron chi connectivity index (χ4n) is 3.21. The molecule has 0 N–H and O–H groups in total. The molecular weight excluding hydrogens is 356 g/mol. The summed E-state index contributed by atoms with van der Waals surface area (Å²) in [5.41, 5.74) is 0.142. The largest absolute Gasteiger partial charge is 0.479 e. The summed E-state index contributed by atoms with van der Waals surface area (Å²) >= 11 is 0. The first-order chi connectivity index (χ1) is 13.0. The van der Waals surface area contributed by atoms with Crippen LogP contribution in [-0.2, 0) is 6.61 Å². The van der Waals surface area contributed by atoms with Crippen LogP contribution in [0, 0.1) is 11.6 Å². The van der Waals surface area contributed by atoms with E-state index in [0.717, 1.165) is 31.5 Å². The number of hydrogen-bond donors (Lipinski definition) is 0. The quantitative estimate of drug-likeness (QED) is 0.772. The fraction of sp³-hybridized carbons (Fsp3) is 0.474. The van der Waals surface area contributed by atoms with Crippen LogP contribution in [-0.4, -0.2) is 54.1 Å². The van der Waals surface area contributed by atoms with E-state index in [0.29, 0.717) is 12.6 Å². The van der Waals surface area contributed by atoms with Crippen LogP contribution in [0.2, 0.25) is 0 Å². The number of carbonyl (C=O) groups is 1. The maximum Gasteiger partial charge on any atom is 0.275 e. The third kappa shape index (κ3) is 4.63. The lowest BCUT2D eigenvalue weighted by Crippen LogP contribution is -2.45.